The Morgan fingerprint density at radius 2 is 1.98 bits per heavy atom. The molecular formula is C30H29F4N9OS. The predicted octanol–water partition coefficient (Wildman–Crippen LogP) is 5.69. The number of anilines is 2. The number of rotatable bonds is 9. The molecule has 1 amide bonds. The zero-order chi connectivity index (χ0) is 31.7. The van der Waals surface area contributed by atoms with Crippen LogP contribution in [0, 0.1) is 18.3 Å². The Kier molecular flexibility index (Phi) is 8.43. The summed E-state index contributed by atoms with van der Waals surface area (Å²) in [6.45, 7) is 3.61. The highest BCUT2D eigenvalue weighted by molar-refractivity contribution is 7.18. The number of aryl methyl sites for hydroxylation is 1. The molecule has 0 atom stereocenters. The van der Waals surface area contributed by atoms with Crippen molar-refractivity contribution in [1.29, 1.82) is 5.26 Å². The standard InChI is InChI=1S/C30H29F4N9OS/c1-17-19(2-3-25-23(17)8-21(12-35)43(25)15-18-13-36-37-14-18)16-42-6-4-20(5-7-42)38-27-24-9-22(10-30(32,33)34)45-28(24)41-29(40-27)39-26(44)11-31/h2-3,8-9,13-14,20H,4-7,10-11,15-16H2,1H3,(H,36,37)(H2,38,39,40,41,44). The zero-order valence-corrected chi connectivity index (χ0v) is 25.0. The molecule has 5 aromatic rings. The lowest BCUT2D eigenvalue weighted by molar-refractivity contribution is -0.126. The monoisotopic (exact) mass is 639 g/mol. The van der Waals surface area contributed by atoms with E-state index in [4.69, 9.17) is 0 Å². The van der Waals surface area contributed by atoms with Crippen LogP contribution in [0.5, 0.6) is 0 Å². The molecule has 15 heteroatoms. The van der Waals surface area contributed by atoms with Gasteiger partial charge in [0, 0.05) is 53.2 Å². The van der Waals surface area contributed by atoms with Crippen molar-refractivity contribution in [1.82, 2.24) is 29.6 Å². The summed E-state index contributed by atoms with van der Waals surface area (Å²) in [4.78, 5) is 22.8. The maximum atomic E-state index is 13.1. The van der Waals surface area contributed by atoms with Gasteiger partial charge in [-0.15, -0.1) is 11.3 Å². The number of hydrogen-bond acceptors (Lipinski definition) is 8. The highest BCUT2D eigenvalue weighted by Crippen LogP contribution is 2.35. The van der Waals surface area contributed by atoms with Crippen molar-refractivity contribution in [2.45, 2.75) is 51.5 Å². The van der Waals surface area contributed by atoms with E-state index in [2.05, 4.69) is 60.8 Å². The largest absolute Gasteiger partial charge is 0.393 e. The molecule has 0 radical (unpaired) electrons. The molecule has 4 aromatic heterocycles. The number of H-pyrrole nitrogens is 1. The van der Waals surface area contributed by atoms with Gasteiger partial charge in [-0.3, -0.25) is 20.1 Å². The van der Waals surface area contributed by atoms with Crippen molar-refractivity contribution < 1.29 is 22.4 Å². The Morgan fingerprint density at radius 1 is 1.18 bits per heavy atom. The van der Waals surface area contributed by atoms with Gasteiger partial charge in [-0.1, -0.05) is 6.07 Å². The lowest BCUT2D eigenvalue weighted by Crippen LogP contribution is -2.39. The molecule has 0 aliphatic carbocycles. The third-order valence-electron chi connectivity index (χ3n) is 7.99. The Balaban J connectivity index is 1.15. The molecule has 0 bridgehead atoms. The van der Waals surface area contributed by atoms with E-state index in [1.54, 1.807) is 6.20 Å². The number of carbonyl (C=O) groups is 1. The van der Waals surface area contributed by atoms with E-state index < -0.39 is 25.2 Å². The number of alkyl halides is 4. The Bertz CT molecular complexity index is 1880. The van der Waals surface area contributed by atoms with Gasteiger partial charge in [0.05, 0.1) is 24.5 Å². The van der Waals surface area contributed by atoms with Gasteiger partial charge in [-0.05, 0) is 49.1 Å². The van der Waals surface area contributed by atoms with E-state index in [9.17, 15) is 27.6 Å². The summed E-state index contributed by atoms with van der Waals surface area (Å²) in [5.41, 5.74) is 4.84. The molecule has 0 saturated carbocycles. The van der Waals surface area contributed by atoms with E-state index >= 15 is 0 Å². The second kappa shape index (κ2) is 12.4. The number of amides is 1. The summed E-state index contributed by atoms with van der Waals surface area (Å²) >= 11 is 0.869. The number of nitrogens with zero attached hydrogens (tertiary/aromatic N) is 6. The Hall–Kier alpha value is -4.55. The van der Waals surface area contributed by atoms with Crippen LogP contribution in [0.2, 0.25) is 0 Å². The lowest BCUT2D eigenvalue weighted by atomic mass is 10.0. The first-order chi connectivity index (χ1) is 21.6. The minimum atomic E-state index is -4.38. The van der Waals surface area contributed by atoms with Gasteiger partial charge >= 0.3 is 6.18 Å². The predicted molar refractivity (Wildman–Crippen MR) is 163 cm³/mol. The number of halogens is 4. The molecular weight excluding hydrogens is 610 g/mol. The van der Waals surface area contributed by atoms with Crippen molar-refractivity contribution in [3.63, 3.8) is 0 Å². The number of benzene rings is 1. The summed E-state index contributed by atoms with van der Waals surface area (Å²) in [7, 11) is 0. The average Bonchev–Trinajstić information content (AvgIpc) is 3.74. The van der Waals surface area contributed by atoms with Crippen LogP contribution in [0.3, 0.4) is 0 Å². The highest BCUT2D eigenvalue weighted by Gasteiger charge is 2.30. The molecule has 10 nitrogen and oxygen atoms in total. The number of nitrogens with one attached hydrogen (secondary N) is 3. The first-order valence-electron chi connectivity index (χ1n) is 14.3. The summed E-state index contributed by atoms with van der Waals surface area (Å²) in [6, 6.07) is 9.80. The van der Waals surface area contributed by atoms with Crippen LogP contribution >= 0.6 is 11.3 Å². The fourth-order valence-electron chi connectivity index (χ4n) is 5.75. The maximum absolute atomic E-state index is 13.1. The average molecular weight is 640 g/mol. The number of fused-ring (bicyclic) bond motifs is 2. The maximum Gasteiger partial charge on any atom is 0.393 e. The van der Waals surface area contributed by atoms with Crippen molar-refractivity contribution in [2.24, 2.45) is 0 Å². The van der Waals surface area contributed by atoms with E-state index in [-0.39, 0.29) is 21.7 Å². The first kappa shape index (κ1) is 30.5. The molecule has 6 rings (SSSR count). The van der Waals surface area contributed by atoms with Crippen LogP contribution in [0.1, 0.15) is 40.1 Å². The molecule has 1 fully saturated rings. The second-order valence-electron chi connectivity index (χ2n) is 11.1. The molecule has 1 saturated heterocycles. The smallest absolute Gasteiger partial charge is 0.367 e. The van der Waals surface area contributed by atoms with Crippen molar-refractivity contribution in [3.05, 3.63) is 63.9 Å². The van der Waals surface area contributed by atoms with Crippen LogP contribution in [0.15, 0.2) is 36.7 Å². The fraction of sp³-hybridized carbons (Fsp3) is 0.367. The topological polar surface area (TPSA) is 128 Å². The third kappa shape index (κ3) is 6.76. The number of likely N-dealkylation sites (tertiary alicyclic amines) is 1. The summed E-state index contributed by atoms with van der Waals surface area (Å²) in [5.74, 6) is -0.783. The number of aromatic nitrogens is 5. The minimum absolute atomic E-state index is 0.0197. The number of hydrogen-bond donors (Lipinski definition) is 3. The number of carbonyl (C=O) groups excluding carboxylic acids is 1. The van der Waals surface area contributed by atoms with Gasteiger partial charge in [-0.25, -0.2) is 9.37 Å². The Labute approximate surface area is 259 Å². The fourth-order valence-corrected chi connectivity index (χ4v) is 6.81. The molecule has 234 valence electrons. The van der Waals surface area contributed by atoms with Gasteiger partial charge in [0.1, 0.15) is 22.4 Å². The number of thiophene rings is 1. The molecule has 1 aliphatic heterocycles. The van der Waals surface area contributed by atoms with Gasteiger partial charge in [0.15, 0.2) is 6.67 Å². The SMILES string of the molecule is Cc1c(CN2CCC(Nc3nc(NC(=O)CF)nc4sc(CC(F)(F)F)cc34)CC2)ccc2c1cc(C#N)n2Cc1cn[nH]c1. The normalized spacial score (nSPS) is 14.7. The van der Waals surface area contributed by atoms with Crippen molar-refractivity contribution in [3.8, 4) is 6.07 Å². The summed E-state index contributed by atoms with van der Waals surface area (Å²) in [5, 5.41) is 23.7. The number of aromatic amines is 1. The molecule has 0 spiro atoms. The van der Waals surface area contributed by atoms with Crippen LogP contribution in [-0.4, -0.2) is 67.5 Å². The molecule has 1 aromatic carbocycles. The quantitative estimate of drug-likeness (QED) is 0.177. The summed E-state index contributed by atoms with van der Waals surface area (Å²) in [6.07, 6.45) is -0.429. The van der Waals surface area contributed by atoms with E-state index in [1.165, 1.54) is 11.6 Å². The van der Waals surface area contributed by atoms with Crippen LogP contribution in [0.4, 0.5) is 29.3 Å². The van der Waals surface area contributed by atoms with Gasteiger partial charge in [-0.2, -0.15) is 28.5 Å². The summed E-state index contributed by atoms with van der Waals surface area (Å²) < 4.78 is 54.0. The van der Waals surface area contributed by atoms with E-state index in [0.717, 1.165) is 65.8 Å². The van der Waals surface area contributed by atoms with Crippen molar-refractivity contribution in [2.75, 3.05) is 30.4 Å². The van der Waals surface area contributed by atoms with Gasteiger partial charge in [0.25, 0.3) is 5.91 Å². The first-order valence-corrected chi connectivity index (χ1v) is 15.1. The third-order valence-corrected chi connectivity index (χ3v) is 9.02. The number of nitriles is 1. The lowest BCUT2D eigenvalue weighted by Gasteiger charge is -2.33. The molecule has 45 heavy (non-hydrogen) atoms. The van der Waals surface area contributed by atoms with E-state index in [1.807, 2.05) is 16.8 Å². The van der Waals surface area contributed by atoms with Crippen LogP contribution < -0.4 is 10.6 Å². The Morgan fingerprint density at radius 3 is 2.67 bits per heavy atom. The zero-order valence-electron chi connectivity index (χ0n) is 24.2. The highest BCUT2D eigenvalue weighted by atomic mass is 32.1. The van der Waals surface area contributed by atoms with Crippen LogP contribution in [0.25, 0.3) is 21.1 Å². The molecule has 5 heterocycles. The molecule has 1 aliphatic rings. The molecule has 0 unspecified atom stereocenters. The molecule has 3 N–H and O–H groups in total. The van der Waals surface area contributed by atoms with E-state index in [0.29, 0.717) is 23.4 Å². The number of piperidine rings is 1. The van der Waals surface area contributed by atoms with Gasteiger partial charge in [0.2, 0.25) is 5.95 Å². The second-order valence-corrected chi connectivity index (χ2v) is 12.2. The van der Waals surface area contributed by atoms with Crippen LogP contribution in [-0.2, 0) is 24.3 Å². The van der Waals surface area contributed by atoms with Gasteiger partial charge < -0.3 is 9.88 Å². The van der Waals surface area contributed by atoms with Crippen molar-refractivity contribution >= 4 is 50.1 Å². The minimum Gasteiger partial charge on any atom is -0.367 e.